The molecule has 0 aromatic rings. The fraction of sp³-hybridized carbons (Fsp3) is 1.00. The van der Waals surface area contributed by atoms with Gasteiger partial charge in [-0.2, -0.15) is 30.2 Å². The largest absolute Gasteiger partial charge is 0.402 e. The van der Waals surface area contributed by atoms with Crippen molar-refractivity contribution in [1.29, 1.82) is 0 Å². The Morgan fingerprint density at radius 2 is 1.90 bits per heavy atom. The maximum atomic E-state index is 12.7. The Balaban J connectivity index is 2.20. The quantitative estimate of drug-likeness (QED) is 0.800. The smallest absolute Gasteiger partial charge is 0.318 e. The topological polar surface area (TPSA) is 52.7 Å². The number of halogens is 3. The summed E-state index contributed by atoms with van der Waals surface area (Å²) >= 11 is 0. The molecule has 1 saturated carbocycles. The van der Waals surface area contributed by atoms with Gasteiger partial charge in [-0.15, -0.1) is 0 Å². The summed E-state index contributed by atoms with van der Waals surface area (Å²) in [7, 11) is -2.34. The number of likely N-dealkylation sites (N-methyl/N-ethyl adjacent to an activating group) is 1. The van der Waals surface area contributed by atoms with Gasteiger partial charge in [-0.1, -0.05) is 6.42 Å². The molecule has 1 saturated heterocycles. The van der Waals surface area contributed by atoms with Gasteiger partial charge in [-0.05, 0) is 32.7 Å². The van der Waals surface area contributed by atoms with Crippen molar-refractivity contribution in [3.05, 3.63) is 0 Å². The molecule has 1 aliphatic heterocycles. The predicted molar refractivity (Wildman–Crippen MR) is 73.0 cm³/mol. The molecule has 5 nitrogen and oxygen atoms in total. The van der Waals surface area contributed by atoms with Gasteiger partial charge < -0.3 is 5.32 Å². The molecular formula is C12H22F3N3O2S. The number of rotatable bonds is 6. The van der Waals surface area contributed by atoms with Crippen molar-refractivity contribution < 1.29 is 21.6 Å². The van der Waals surface area contributed by atoms with Gasteiger partial charge in [0.15, 0.2) is 0 Å². The van der Waals surface area contributed by atoms with E-state index in [0.717, 1.165) is 6.42 Å². The first kappa shape index (κ1) is 17.0. The average Bonchev–Trinajstić information content (AvgIpc) is 3.20. The van der Waals surface area contributed by atoms with E-state index in [1.54, 1.807) is 7.05 Å². The molecule has 1 aliphatic carbocycles. The number of hydrogen-bond donors (Lipinski definition) is 1. The molecule has 0 spiro atoms. The molecule has 9 heteroatoms. The first-order valence-electron chi connectivity index (χ1n) is 7.25. The third-order valence-corrected chi connectivity index (χ3v) is 5.99. The molecule has 0 aromatic carbocycles. The molecule has 2 fully saturated rings. The van der Waals surface area contributed by atoms with Gasteiger partial charge in [0.2, 0.25) is 0 Å². The molecule has 2 rings (SSSR count). The van der Waals surface area contributed by atoms with E-state index < -0.39 is 29.0 Å². The highest BCUT2D eigenvalue weighted by atomic mass is 32.2. The van der Waals surface area contributed by atoms with Gasteiger partial charge in [-0.3, -0.25) is 0 Å². The number of alkyl halides is 3. The van der Waals surface area contributed by atoms with Gasteiger partial charge in [0.05, 0.1) is 0 Å². The summed E-state index contributed by atoms with van der Waals surface area (Å²) in [6, 6.07) is -0.753. The van der Waals surface area contributed by atoms with Gasteiger partial charge in [0, 0.05) is 25.2 Å². The Morgan fingerprint density at radius 3 is 2.43 bits per heavy atom. The summed E-state index contributed by atoms with van der Waals surface area (Å²) in [5, 5.41) is 2.92. The summed E-state index contributed by atoms with van der Waals surface area (Å²) in [6.45, 7) is -0.623. The number of piperidine rings is 1. The van der Waals surface area contributed by atoms with E-state index in [4.69, 9.17) is 0 Å². The zero-order chi connectivity index (χ0) is 15.7. The van der Waals surface area contributed by atoms with E-state index in [2.05, 4.69) is 5.32 Å². The van der Waals surface area contributed by atoms with Crippen LogP contribution in [0.15, 0.2) is 0 Å². The Labute approximate surface area is 123 Å². The van der Waals surface area contributed by atoms with Crippen LogP contribution in [0.25, 0.3) is 0 Å². The number of nitrogens with zero attached hydrogens (tertiary/aromatic N) is 2. The Bertz CT molecular complexity index is 449. The standard InChI is InChI=1S/C12H22F3N3O2S/c1-16-8-11-4-2-3-7-17(11)21(19,20)18(10-5-6-10)9-12(13,14)15/h10-11,16H,2-9H2,1H3. The van der Waals surface area contributed by atoms with Crippen LogP contribution in [0.5, 0.6) is 0 Å². The van der Waals surface area contributed by atoms with Crippen molar-refractivity contribution in [3.63, 3.8) is 0 Å². The second-order valence-corrected chi connectivity index (χ2v) is 7.55. The van der Waals surface area contributed by atoms with Crippen LogP contribution in [0.4, 0.5) is 13.2 Å². The lowest BCUT2D eigenvalue weighted by atomic mass is 10.1. The first-order valence-corrected chi connectivity index (χ1v) is 8.65. The van der Waals surface area contributed by atoms with Crippen LogP contribution < -0.4 is 5.32 Å². The molecule has 1 N–H and O–H groups in total. The van der Waals surface area contributed by atoms with Gasteiger partial charge >= 0.3 is 6.18 Å². The molecule has 0 amide bonds. The normalized spacial score (nSPS) is 25.5. The highest BCUT2D eigenvalue weighted by Crippen LogP contribution is 2.35. The first-order chi connectivity index (χ1) is 9.75. The highest BCUT2D eigenvalue weighted by Gasteiger charge is 2.47. The lowest BCUT2D eigenvalue weighted by molar-refractivity contribution is -0.137. The van der Waals surface area contributed by atoms with Crippen molar-refractivity contribution in [2.24, 2.45) is 0 Å². The van der Waals surface area contributed by atoms with E-state index in [-0.39, 0.29) is 6.04 Å². The van der Waals surface area contributed by atoms with Gasteiger partial charge in [0.25, 0.3) is 10.2 Å². The molecule has 1 atom stereocenters. The van der Waals surface area contributed by atoms with Gasteiger partial charge in [-0.25, -0.2) is 0 Å². The number of hydrogen-bond acceptors (Lipinski definition) is 3. The minimum absolute atomic E-state index is 0.261. The molecule has 1 unspecified atom stereocenters. The lowest BCUT2D eigenvalue weighted by Crippen LogP contribution is -2.55. The van der Waals surface area contributed by atoms with Gasteiger partial charge in [0.1, 0.15) is 6.54 Å². The average molecular weight is 329 g/mol. The molecule has 21 heavy (non-hydrogen) atoms. The van der Waals surface area contributed by atoms with Crippen molar-refractivity contribution in [2.75, 3.05) is 26.7 Å². The van der Waals surface area contributed by atoms with E-state index >= 15 is 0 Å². The molecular weight excluding hydrogens is 307 g/mol. The molecule has 124 valence electrons. The maximum absolute atomic E-state index is 12.7. The van der Waals surface area contributed by atoms with Crippen LogP contribution >= 0.6 is 0 Å². The second kappa shape index (κ2) is 6.39. The third-order valence-electron chi connectivity index (χ3n) is 3.89. The molecule has 0 radical (unpaired) electrons. The minimum Gasteiger partial charge on any atom is -0.318 e. The summed E-state index contributed by atoms with van der Waals surface area (Å²) in [4.78, 5) is 0. The lowest BCUT2D eigenvalue weighted by Gasteiger charge is -2.38. The monoisotopic (exact) mass is 329 g/mol. The molecule has 1 heterocycles. The third kappa shape index (κ3) is 4.30. The fourth-order valence-corrected chi connectivity index (χ4v) is 4.87. The summed E-state index contributed by atoms with van der Waals surface area (Å²) in [6.07, 6.45) is -1.20. The summed E-state index contributed by atoms with van der Waals surface area (Å²) in [5.74, 6) is 0. The van der Waals surface area contributed by atoms with Crippen LogP contribution in [-0.2, 0) is 10.2 Å². The Kier molecular flexibility index (Phi) is 5.17. The SMILES string of the molecule is CNCC1CCCCN1S(=O)(=O)N(CC(F)(F)F)C1CC1. The van der Waals surface area contributed by atoms with Crippen LogP contribution in [0, 0.1) is 0 Å². The number of nitrogens with one attached hydrogen (secondary N) is 1. The van der Waals surface area contributed by atoms with Crippen LogP contribution in [0.3, 0.4) is 0 Å². The van der Waals surface area contributed by atoms with Crippen molar-refractivity contribution in [2.45, 2.75) is 50.4 Å². The highest BCUT2D eigenvalue weighted by molar-refractivity contribution is 7.86. The van der Waals surface area contributed by atoms with Crippen molar-refractivity contribution in [3.8, 4) is 0 Å². The van der Waals surface area contributed by atoms with E-state index in [0.29, 0.717) is 43.1 Å². The fourth-order valence-electron chi connectivity index (χ4n) is 2.79. The predicted octanol–water partition coefficient (Wildman–Crippen LogP) is 1.33. The molecule has 0 aromatic heterocycles. The maximum Gasteiger partial charge on any atom is 0.402 e. The van der Waals surface area contributed by atoms with E-state index in [1.165, 1.54) is 4.31 Å². The van der Waals surface area contributed by atoms with Crippen LogP contribution in [0.1, 0.15) is 32.1 Å². The van der Waals surface area contributed by atoms with E-state index in [9.17, 15) is 21.6 Å². The Hall–Kier alpha value is -0.380. The Morgan fingerprint density at radius 1 is 1.24 bits per heavy atom. The minimum atomic E-state index is -4.51. The molecule has 2 aliphatic rings. The zero-order valence-electron chi connectivity index (χ0n) is 12.1. The van der Waals surface area contributed by atoms with Crippen molar-refractivity contribution in [1.82, 2.24) is 13.9 Å². The zero-order valence-corrected chi connectivity index (χ0v) is 12.9. The summed E-state index contributed by atoms with van der Waals surface area (Å²) in [5.41, 5.74) is 0. The summed E-state index contributed by atoms with van der Waals surface area (Å²) < 4.78 is 65.3. The van der Waals surface area contributed by atoms with Crippen LogP contribution in [-0.4, -0.2) is 62.0 Å². The van der Waals surface area contributed by atoms with E-state index in [1.807, 2.05) is 0 Å². The molecule has 0 bridgehead atoms. The van der Waals surface area contributed by atoms with Crippen LogP contribution in [0.2, 0.25) is 0 Å². The van der Waals surface area contributed by atoms with Crippen molar-refractivity contribution >= 4 is 10.2 Å². The second-order valence-electron chi connectivity index (χ2n) is 5.72.